The number of carbonyl (C=O) groups is 1. The van der Waals surface area contributed by atoms with Gasteiger partial charge in [0.2, 0.25) is 0 Å². The summed E-state index contributed by atoms with van der Waals surface area (Å²) in [7, 11) is 0. The second kappa shape index (κ2) is 6.51. The van der Waals surface area contributed by atoms with Crippen molar-refractivity contribution in [1.29, 1.82) is 0 Å². The average Bonchev–Trinajstić information content (AvgIpc) is 3.03. The fourth-order valence-electron chi connectivity index (χ4n) is 2.58. The number of hydrogen-bond acceptors (Lipinski definition) is 4. The van der Waals surface area contributed by atoms with E-state index in [0.29, 0.717) is 11.5 Å². The normalized spacial score (nSPS) is 14.8. The zero-order valence-electron chi connectivity index (χ0n) is 12.1. The van der Waals surface area contributed by atoms with E-state index < -0.39 is 0 Å². The van der Waals surface area contributed by atoms with Crippen molar-refractivity contribution in [3.63, 3.8) is 0 Å². The molecule has 5 nitrogen and oxygen atoms in total. The first kappa shape index (κ1) is 14.4. The molecule has 2 aromatic rings. The van der Waals surface area contributed by atoms with Crippen LogP contribution in [0.5, 0.6) is 0 Å². The van der Waals surface area contributed by atoms with Gasteiger partial charge in [-0.05, 0) is 25.0 Å². The summed E-state index contributed by atoms with van der Waals surface area (Å²) >= 11 is 0. The SMILES string of the molecule is O=C(NC1CCCC1)c1cc(Nc2ccccc2F)ncn1. The van der Waals surface area contributed by atoms with Crippen LogP contribution in [0.25, 0.3) is 0 Å². The van der Waals surface area contributed by atoms with E-state index in [9.17, 15) is 9.18 Å². The Bertz CT molecular complexity index is 671. The maximum atomic E-state index is 13.6. The van der Waals surface area contributed by atoms with Crippen molar-refractivity contribution in [2.24, 2.45) is 0 Å². The predicted octanol–water partition coefficient (Wildman–Crippen LogP) is 3.03. The minimum atomic E-state index is -0.377. The summed E-state index contributed by atoms with van der Waals surface area (Å²) in [6.45, 7) is 0. The molecule has 1 aliphatic rings. The quantitative estimate of drug-likeness (QED) is 0.911. The largest absolute Gasteiger partial charge is 0.348 e. The van der Waals surface area contributed by atoms with Crippen molar-refractivity contribution in [2.45, 2.75) is 31.7 Å². The highest BCUT2D eigenvalue weighted by atomic mass is 19.1. The minimum absolute atomic E-state index is 0.217. The zero-order chi connectivity index (χ0) is 15.4. The first-order valence-corrected chi connectivity index (χ1v) is 7.37. The first-order valence-electron chi connectivity index (χ1n) is 7.37. The molecule has 1 aromatic carbocycles. The summed E-state index contributed by atoms with van der Waals surface area (Å²) < 4.78 is 13.6. The van der Waals surface area contributed by atoms with Crippen LogP contribution in [0.15, 0.2) is 36.7 Å². The second-order valence-corrected chi connectivity index (χ2v) is 5.35. The summed E-state index contributed by atoms with van der Waals surface area (Å²) in [5, 5.41) is 5.82. The van der Waals surface area contributed by atoms with Gasteiger partial charge in [-0.1, -0.05) is 25.0 Å². The smallest absolute Gasteiger partial charge is 0.270 e. The van der Waals surface area contributed by atoms with Gasteiger partial charge >= 0.3 is 0 Å². The molecule has 1 heterocycles. The van der Waals surface area contributed by atoms with Crippen molar-refractivity contribution < 1.29 is 9.18 Å². The molecule has 0 radical (unpaired) electrons. The van der Waals surface area contributed by atoms with Gasteiger partial charge < -0.3 is 10.6 Å². The molecule has 0 spiro atoms. The summed E-state index contributed by atoms with van der Waals surface area (Å²) in [5.41, 5.74) is 0.587. The van der Waals surface area contributed by atoms with Crippen molar-refractivity contribution in [3.05, 3.63) is 48.2 Å². The Balaban J connectivity index is 1.72. The molecule has 0 unspecified atom stereocenters. The molecule has 1 aromatic heterocycles. The molecule has 1 saturated carbocycles. The van der Waals surface area contributed by atoms with Crippen LogP contribution in [0.3, 0.4) is 0 Å². The van der Waals surface area contributed by atoms with Crippen LogP contribution in [-0.2, 0) is 0 Å². The molecule has 3 rings (SSSR count). The third kappa shape index (κ3) is 3.39. The highest BCUT2D eigenvalue weighted by Gasteiger charge is 2.19. The van der Waals surface area contributed by atoms with Gasteiger partial charge in [-0.3, -0.25) is 4.79 Å². The third-order valence-electron chi connectivity index (χ3n) is 3.73. The molecule has 22 heavy (non-hydrogen) atoms. The highest BCUT2D eigenvalue weighted by Crippen LogP contribution is 2.19. The van der Waals surface area contributed by atoms with E-state index in [1.54, 1.807) is 18.2 Å². The molecule has 1 fully saturated rings. The van der Waals surface area contributed by atoms with Gasteiger partial charge in [-0.2, -0.15) is 0 Å². The molecule has 6 heteroatoms. The lowest BCUT2D eigenvalue weighted by Gasteiger charge is -2.12. The number of nitrogens with one attached hydrogen (secondary N) is 2. The number of amides is 1. The van der Waals surface area contributed by atoms with Gasteiger partial charge in [0.15, 0.2) is 0 Å². The van der Waals surface area contributed by atoms with E-state index in [1.807, 2.05) is 0 Å². The Morgan fingerprint density at radius 2 is 1.95 bits per heavy atom. The molecule has 0 saturated heterocycles. The van der Waals surface area contributed by atoms with E-state index in [1.165, 1.54) is 18.5 Å². The molecular formula is C16H17FN4O. The van der Waals surface area contributed by atoms with Crippen LogP contribution in [-0.4, -0.2) is 21.9 Å². The standard InChI is InChI=1S/C16H17FN4O/c17-12-7-3-4-8-13(12)21-15-9-14(18-10-19-15)16(22)20-11-5-1-2-6-11/h3-4,7-11H,1-2,5-6H2,(H,20,22)(H,18,19,21). The number of aromatic nitrogens is 2. The van der Waals surface area contributed by atoms with E-state index >= 15 is 0 Å². The van der Waals surface area contributed by atoms with Crippen molar-refractivity contribution in [1.82, 2.24) is 15.3 Å². The topological polar surface area (TPSA) is 66.9 Å². The van der Waals surface area contributed by atoms with E-state index in [4.69, 9.17) is 0 Å². The zero-order valence-corrected chi connectivity index (χ0v) is 12.1. The van der Waals surface area contributed by atoms with Crippen LogP contribution in [0.1, 0.15) is 36.2 Å². The molecule has 0 aliphatic heterocycles. The van der Waals surface area contributed by atoms with Crippen molar-refractivity contribution >= 4 is 17.4 Å². The van der Waals surface area contributed by atoms with Gasteiger partial charge in [0, 0.05) is 12.1 Å². The molecule has 0 atom stereocenters. The van der Waals surface area contributed by atoms with Gasteiger partial charge in [0.1, 0.15) is 23.7 Å². The monoisotopic (exact) mass is 300 g/mol. The van der Waals surface area contributed by atoms with Gasteiger partial charge in [-0.25, -0.2) is 14.4 Å². The summed E-state index contributed by atoms with van der Waals surface area (Å²) in [6.07, 6.45) is 5.62. The van der Waals surface area contributed by atoms with Crippen LogP contribution in [0.2, 0.25) is 0 Å². The lowest BCUT2D eigenvalue weighted by atomic mass is 10.2. The lowest BCUT2D eigenvalue weighted by Crippen LogP contribution is -2.33. The highest BCUT2D eigenvalue weighted by molar-refractivity contribution is 5.93. The summed E-state index contributed by atoms with van der Waals surface area (Å²) in [6, 6.07) is 8.05. The van der Waals surface area contributed by atoms with E-state index in [2.05, 4.69) is 20.6 Å². The average molecular weight is 300 g/mol. The Morgan fingerprint density at radius 1 is 1.18 bits per heavy atom. The number of hydrogen-bond donors (Lipinski definition) is 2. The fourth-order valence-corrected chi connectivity index (χ4v) is 2.58. The minimum Gasteiger partial charge on any atom is -0.348 e. The number of anilines is 2. The Labute approximate surface area is 128 Å². The number of nitrogens with zero attached hydrogens (tertiary/aromatic N) is 2. The second-order valence-electron chi connectivity index (χ2n) is 5.35. The van der Waals surface area contributed by atoms with Crippen molar-refractivity contribution in [3.8, 4) is 0 Å². The fraction of sp³-hybridized carbons (Fsp3) is 0.312. The van der Waals surface area contributed by atoms with Crippen LogP contribution >= 0.6 is 0 Å². The Morgan fingerprint density at radius 3 is 2.73 bits per heavy atom. The van der Waals surface area contributed by atoms with Crippen molar-refractivity contribution in [2.75, 3.05) is 5.32 Å². The molecule has 2 N–H and O–H groups in total. The maximum Gasteiger partial charge on any atom is 0.270 e. The third-order valence-corrected chi connectivity index (χ3v) is 3.73. The number of para-hydroxylation sites is 1. The Kier molecular flexibility index (Phi) is 4.27. The Hall–Kier alpha value is -2.50. The molecule has 1 amide bonds. The van der Waals surface area contributed by atoms with Crippen LogP contribution in [0, 0.1) is 5.82 Å². The molecular weight excluding hydrogens is 283 g/mol. The number of carbonyl (C=O) groups excluding carboxylic acids is 1. The van der Waals surface area contributed by atoms with E-state index in [0.717, 1.165) is 25.7 Å². The molecule has 1 aliphatic carbocycles. The number of benzene rings is 1. The van der Waals surface area contributed by atoms with Gasteiger partial charge in [-0.15, -0.1) is 0 Å². The molecule has 114 valence electrons. The summed E-state index contributed by atoms with van der Waals surface area (Å²) in [5.74, 6) is -0.208. The van der Waals surface area contributed by atoms with Crippen LogP contribution < -0.4 is 10.6 Å². The predicted molar refractivity (Wildman–Crippen MR) is 81.4 cm³/mol. The van der Waals surface area contributed by atoms with Gasteiger partial charge in [0.05, 0.1) is 5.69 Å². The van der Waals surface area contributed by atoms with E-state index in [-0.39, 0.29) is 23.5 Å². The summed E-state index contributed by atoms with van der Waals surface area (Å²) in [4.78, 5) is 20.2. The van der Waals surface area contributed by atoms with Crippen LogP contribution in [0.4, 0.5) is 15.9 Å². The number of halogens is 1. The lowest BCUT2D eigenvalue weighted by molar-refractivity contribution is 0.0932. The molecule has 0 bridgehead atoms. The first-order chi connectivity index (χ1) is 10.7. The number of rotatable bonds is 4. The maximum absolute atomic E-state index is 13.6. The van der Waals surface area contributed by atoms with Gasteiger partial charge in [0.25, 0.3) is 5.91 Å².